The van der Waals surface area contributed by atoms with E-state index in [4.69, 9.17) is 0 Å². The summed E-state index contributed by atoms with van der Waals surface area (Å²) in [5, 5.41) is 9.52. The number of phenols is 1. The molecule has 2 aliphatic carbocycles. The van der Waals surface area contributed by atoms with Gasteiger partial charge in [-0.3, -0.25) is 0 Å². The summed E-state index contributed by atoms with van der Waals surface area (Å²) in [6.45, 7) is 4.15. The van der Waals surface area contributed by atoms with Crippen LogP contribution < -0.4 is 0 Å². The lowest BCUT2D eigenvalue weighted by molar-refractivity contribution is 0.314. The topological polar surface area (TPSA) is 20.2 Å². The fourth-order valence-corrected chi connectivity index (χ4v) is 3.39. The lowest BCUT2D eigenvalue weighted by Crippen LogP contribution is -2.24. The van der Waals surface area contributed by atoms with E-state index in [1.165, 1.54) is 36.0 Å². The zero-order valence-electron chi connectivity index (χ0n) is 9.58. The number of phenolic OH excluding ortho intramolecular Hbond substituents is 1. The van der Waals surface area contributed by atoms with Gasteiger partial charge in [0.15, 0.2) is 0 Å². The van der Waals surface area contributed by atoms with Gasteiger partial charge in [-0.25, -0.2) is 0 Å². The minimum Gasteiger partial charge on any atom is -0.508 e. The van der Waals surface area contributed by atoms with Crippen molar-refractivity contribution in [1.82, 2.24) is 0 Å². The van der Waals surface area contributed by atoms with Crippen molar-refractivity contribution in [2.45, 2.75) is 38.0 Å². The van der Waals surface area contributed by atoms with Crippen molar-refractivity contribution in [3.05, 3.63) is 41.5 Å². The van der Waals surface area contributed by atoms with Gasteiger partial charge in [0.1, 0.15) is 5.75 Å². The zero-order chi connectivity index (χ0) is 11.1. The first-order chi connectivity index (χ1) is 7.74. The van der Waals surface area contributed by atoms with Gasteiger partial charge in [0.25, 0.3) is 0 Å². The molecular weight excluding hydrogens is 196 g/mol. The summed E-state index contributed by atoms with van der Waals surface area (Å²) in [6, 6.07) is 5.90. The Morgan fingerprint density at radius 1 is 1.19 bits per heavy atom. The van der Waals surface area contributed by atoms with E-state index in [1.54, 1.807) is 0 Å². The summed E-state index contributed by atoms with van der Waals surface area (Å²) in [7, 11) is 0. The van der Waals surface area contributed by atoms with Crippen LogP contribution in [0.25, 0.3) is 0 Å². The molecule has 0 amide bonds. The predicted molar refractivity (Wildman–Crippen MR) is 65.6 cm³/mol. The van der Waals surface area contributed by atoms with E-state index >= 15 is 0 Å². The van der Waals surface area contributed by atoms with Crippen LogP contribution in [0.4, 0.5) is 0 Å². The molecule has 1 heteroatoms. The van der Waals surface area contributed by atoms with Crippen molar-refractivity contribution in [3.63, 3.8) is 0 Å². The molecule has 0 radical (unpaired) electrons. The second-order valence-electron chi connectivity index (χ2n) is 5.28. The highest BCUT2D eigenvalue weighted by molar-refractivity contribution is 5.40. The normalized spacial score (nSPS) is 28.4. The molecule has 16 heavy (non-hydrogen) atoms. The van der Waals surface area contributed by atoms with Crippen molar-refractivity contribution in [3.8, 4) is 5.75 Å². The summed E-state index contributed by atoms with van der Waals surface area (Å²) in [5.74, 6) is 1.93. The van der Waals surface area contributed by atoms with Gasteiger partial charge in [-0.1, -0.05) is 18.2 Å². The van der Waals surface area contributed by atoms with Crippen LogP contribution in [0.15, 0.2) is 30.4 Å². The molecule has 2 atom stereocenters. The van der Waals surface area contributed by atoms with Gasteiger partial charge in [0.05, 0.1) is 0 Å². The second kappa shape index (κ2) is 3.65. The van der Waals surface area contributed by atoms with Crippen LogP contribution in [-0.4, -0.2) is 5.11 Å². The van der Waals surface area contributed by atoms with Crippen LogP contribution in [-0.2, 0) is 6.42 Å². The maximum absolute atomic E-state index is 9.52. The molecule has 1 saturated carbocycles. The Morgan fingerprint density at radius 2 is 2.00 bits per heavy atom. The third-order valence-electron chi connectivity index (χ3n) is 4.26. The largest absolute Gasteiger partial charge is 0.508 e. The molecule has 1 aromatic rings. The molecule has 0 aromatic heterocycles. The Bertz CT molecular complexity index is 433. The highest BCUT2D eigenvalue weighted by Gasteiger charge is 2.32. The molecule has 1 N–H and O–H groups in total. The van der Waals surface area contributed by atoms with Crippen molar-refractivity contribution in [2.75, 3.05) is 0 Å². The Hall–Kier alpha value is -1.24. The molecule has 84 valence electrons. The molecular formula is C15H18O. The van der Waals surface area contributed by atoms with Crippen molar-refractivity contribution in [1.29, 1.82) is 0 Å². The van der Waals surface area contributed by atoms with Crippen LogP contribution in [0.3, 0.4) is 0 Å². The predicted octanol–water partition coefficient (Wildman–Crippen LogP) is 3.78. The van der Waals surface area contributed by atoms with Gasteiger partial charge in [-0.15, -0.1) is 0 Å². The zero-order valence-corrected chi connectivity index (χ0v) is 9.58. The molecule has 0 bridgehead atoms. The molecule has 0 heterocycles. The van der Waals surface area contributed by atoms with E-state index in [0.717, 1.165) is 18.8 Å². The number of hydrogen-bond donors (Lipinski definition) is 1. The third-order valence-corrected chi connectivity index (χ3v) is 4.26. The molecule has 0 spiro atoms. The van der Waals surface area contributed by atoms with E-state index in [1.807, 2.05) is 12.1 Å². The van der Waals surface area contributed by atoms with Crippen molar-refractivity contribution in [2.24, 2.45) is 5.92 Å². The first kappa shape index (κ1) is 9.95. The van der Waals surface area contributed by atoms with Gasteiger partial charge in [0.2, 0.25) is 0 Å². The maximum Gasteiger partial charge on any atom is 0.115 e. The molecule has 1 fully saturated rings. The van der Waals surface area contributed by atoms with E-state index in [2.05, 4.69) is 12.6 Å². The average molecular weight is 214 g/mol. The molecule has 2 unspecified atom stereocenters. The molecule has 1 nitrogen and oxygen atoms in total. The van der Waals surface area contributed by atoms with Crippen LogP contribution in [0.5, 0.6) is 5.75 Å². The lowest BCUT2D eigenvalue weighted by atomic mass is 9.67. The molecule has 3 rings (SSSR count). The summed E-state index contributed by atoms with van der Waals surface area (Å²) >= 11 is 0. The Morgan fingerprint density at radius 3 is 2.88 bits per heavy atom. The number of benzene rings is 1. The number of aromatic hydroxyl groups is 1. The Labute approximate surface area is 96.8 Å². The number of fused-ring (bicyclic) bond motifs is 3. The number of rotatable bonds is 0. The highest BCUT2D eigenvalue weighted by atomic mass is 16.3. The minimum absolute atomic E-state index is 0.409. The van der Waals surface area contributed by atoms with E-state index in [0.29, 0.717) is 11.7 Å². The number of aryl methyl sites for hydroxylation is 1. The van der Waals surface area contributed by atoms with Gasteiger partial charge in [-0.05, 0) is 67.2 Å². The summed E-state index contributed by atoms with van der Waals surface area (Å²) in [6.07, 6.45) is 6.10. The van der Waals surface area contributed by atoms with Crippen LogP contribution in [0.2, 0.25) is 0 Å². The van der Waals surface area contributed by atoms with E-state index < -0.39 is 0 Å². The maximum atomic E-state index is 9.52. The molecule has 0 aliphatic heterocycles. The van der Waals surface area contributed by atoms with Gasteiger partial charge < -0.3 is 5.11 Å². The lowest BCUT2D eigenvalue weighted by Gasteiger charge is -2.38. The average Bonchev–Trinajstić information content (AvgIpc) is 2.28. The van der Waals surface area contributed by atoms with Gasteiger partial charge >= 0.3 is 0 Å². The second-order valence-corrected chi connectivity index (χ2v) is 5.28. The standard InChI is InChI=1S/C15H18O/c1-10-2-3-11-4-5-12-9-13(16)6-7-14(12)15(11)8-10/h6-7,9,11,15-16H,1-5,8H2. The summed E-state index contributed by atoms with van der Waals surface area (Å²) in [5.41, 5.74) is 4.23. The first-order valence-corrected chi connectivity index (χ1v) is 6.22. The Kier molecular flexibility index (Phi) is 2.27. The first-order valence-electron chi connectivity index (χ1n) is 6.22. The van der Waals surface area contributed by atoms with E-state index in [-0.39, 0.29) is 0 Å². The summed E-state index contributed by atoms with van der Waals surface area (Å²) < 4.78 is 0. The van der Waals surface area contributed by atoms with Crippen molar-refractivity contribution < 1.29 is 5.11 Å². The number of allylic oxidation sites excluding steroid dienone is 1. The van der Waals surface area contributed by atoms with Gasteiger partial charge in [-0.2, -0.15) is 0 Å². The van der Waals surface area contributed by atoms with Gasteiger partial charge in [0, 0.05) is 0 Å². The monoisotopic (exact) mass is 214 g/mol. The third kappa shape index (κ3) is 1.55. The Balaban J connectivity index is 2.00. The molecule has 2 aliphatic rings. The highest BCUT2D eigenvalue weighted by Crippen LogP contribution is 2.46. The molecule has 1 aromatic carbocycles. The van der Waals surface area contributed by atoms with Crippen LogP contribution in [0.1, 0.15) is 42.7 Å². The van der Waals surface area contributed by atoms with Crippen LogP contribution >= 0.6 is 0 Å². The fraction of sp³-hybridized carbons (Fsp3) is 0.467. The number of hydrogen-bond acceptors (Lipinski definition) is 1. The summed E-state index contributed by atoms with van der Waals surface area (Å²) in [4.78, 5) is 0. The van der Waals surface area contributed by atoms with Crippen LogP contribution in [0, 0.1) is 5.92 Å². The SMILES string of the molecule is C=C1CCC2CCc3cc(O)ccc3C2C1. The quantitative estimate of drug-likeness (QED) is 0.652. The fourth-order valence-electron chi connectivity index (χ4n) is 3.39. The van der Waals surface area contributed by atoms with E-state index in [9.17, 15) is 5.11 Å². The molecule has 0 saturated heterocycles. The minimum atomic E-state index is 0.409. The smallest absolute Gasteiger partial charge is 0.115 e. The van der Waals surface area contributed by atoms with Crippen molar-refractivity contribution >= 4 is 0 Å².